The zero-order chi connectivity index (χ0) is 14.9. The van der Waals surface area contributed by atoms with Gasteiger partial charge in [0.2, 0.25) is 5.91 Å². The van der Waals surface area contributed by atoms with Crippen molar-refractivity contribution in [3.05, 3.63) is 30.3 Å². The summed E-state index contributed by atoms with van der Waals surface area (Å²) < 4.78 is 5.28. The van der Waals surface area contributed by atoms with E-state index in [1.165, 1.54) is 5.69 Å². The maximum Gasteiger partial charge on any atom is 0.239 e. The van der Waals surface area contributed by atoms with Crippen LogP contribution in [0.4, 0.5) is 5.69 Å². The van der Waals surface area contributed by atoms with E-state index in [0.29, 0.717) is 13.2 Å². The second-order valence-corrected chi connectivity index (χ2v) is 5.34. The number of hydrogen-bond acceptors (Lipinski definition) is 4. The average molecular weight is 364 g/mol. The van der Waals surface area contributed by atoms with Crippen molar-refractivity contribution < 1.29 is 9.53 Å². The summed E-state index contributed by atoms with van der Waals surface area (Å²) in [5, 5.41) is 6.12. The summed E-state index contributed by atoms with van der Waals surface area (Å²) >= 11 is 0. The Morgan fingerprint density at radius 3 is 2.70 bits per heavy atom. The lowest BCUT2D eigenvalue weighted by Crippen LogP contribution is -2.51. The van der Waals surface area contributed by atoms with Crippen LogP contribution in [-0.4, -0.2) is 51.8 Å². The number of carbonyl (C=O) groups excluding carboxylic acids is 1. The van der Waals surface area contributed by atoms with Gasteiger partial charge in [0.15, 0.2) is 0 Å². The van der Waals surface area contributed by atoms with Gasteiger partial charge in [-0.3, -0.25) is 4.79 Å². The smallest absolute Gasteiger partial charge is 0.239 e. The SMILES string of the molecule is CN(CCCCNC(=O)C1COCCN1)c1ccccc1.Cl.Cl. The number of anilines is 1. The molecule has 0 spiro atoms. The quantitative estimate of drug-likeness (QED) is 0.726. The third-order valence-electron chi connectivity index (χ3n) is 3.65. The number of amides is 1. The Balaban J connectivity index is 0.00000242. The van der Waals surface area contributed by atoms with E-state index in [0.717, 1.165) is 32.5 Å². The Kier molecular flexibility index (Phi) is 11.9. The second kappa shape index (κ2) is 12.4. The maximum atomic E-state index is 11.9. The molecule has 132 valence electrons. The number of halogens is 2. The molecule has 1 fully saturated rings. The summed E-state index contributed by atoms with van der Waals surface area (Å²) in [4.78, 5) is 14.1. The summed E-state index contributed by atoms with van der Waals surface area (Å²) in [5.41, 5.74) is 1.23. The van der Waals surface area contributed by atoms with E-state index in [1.807, 2.05) is 18.2 Å². The number of nitrogens with zero attached hydrogens (tertiary/aromatic N) is 1. The normalized spacial score (nSPS) is 16.7. The molecule has 1 heterocycles. The van der Waals surface area contributed by atoms with Crippen molar-refractivity contribution in [3.63, 3.8) is 0 Å². The Labute approximate surface area is 151 Å². The lowest BCUT2D eigenvalue weighted by atomic mass is 10.2. The molecule has 1 aromatic rings. The highest BCUT2D eigenvalue weighted by molar-refractivity contribution is 5.85. The number of unbranched alkanes of at least 4 members (excludes halogenated alkanes) is 1. The molecule has 23 heavy (non-hydrogen) atoms. The van der Waals surface area contributed by atoms with Crippen molar-refractivity contribution in [2.24, 2.45) is 0 Å². The number of hydrogen-bond donors (Lipinski definition) is 2. The molecule has 2 rings (SSSR count). The van der Waals surface area contributed by atoms with Crippen LogP contribution in [0.25, 0.3) is 0 Å². The van der Waals surface area contributed by atoms with Gasteiger partial charge in [-0.05, 0) is 25.0 Å². The number of ether oxygens (including phenoxy) is 1. The molecule has 0 radical (unpaired) electrons. The van der Waals surface area contributed by atoms with Crippen molar-refractivity contribution >= 4 is 36.4 Å². The minimum atomic E-state index is -0.189. The zero-order valence-corrected chi connectivity index (χ0v) is 15.1. The van der Waals surface area contributed by atoms with Gasteiger partial charge in [0.05, 0.1) is 13.2 Å². The van der Waals surface area contributed by atoms with Gasteiger partial charge in [-0.1, -0.05) is 18.2 Å². The predicted molar refractivity (Wildman–Crippen MR) is 99.1 cm³/mol. The number of rotatable bonds is 7. The van der Waals surface area contributed by atoms with Crippen LogP contribution in [0.15, 0.2) is 30.3 Å². The van der Waals surface area contributed by atoms with E-state index in [1.54, 1.807) is 0 Å². The second-order valence-electron chi connectivity index (χ2n) is 5.34. The van der Waals surface area contributed by atoms with Crippen LogP contribution in [0.2, 0.25) is 0 Å². The molecule has 1 amide bonds. The summed E-state index contributed by atoms with van der Waals surface area (Å²) in [7, 11) is 2.09. The molecule has 2 N–H and O–H groups in total. The van der Waals surface area contributed by atoms with Crippen LogP contribution in [-0.2, 0) is 9.53 Å². The van der Waals surface area contributed by atoms with Gasteiger partial charge in [-0.15, -0.1) is 24.8 Å². The lowest BCUT2D eigenvalue weighted by molar-refractivity contribution is -0.125. The van der Waals surface area contributed by atoms with E-state index < -0.39 is 0 Å². The molecular weight excluding hydrogens is 337 g/mol. The van der Waals surface area contributed by atoms with Gasteiger partial charge >= 0.3 is 0 Å². The molecule has 1 aliphatic heterocycles. The molecule has 0 bridgehead atoms. The molecular formula is C16H27Cl2N3O2. The molecule has 1 atom stereocenters. The molecule has 5 nitrogen and oxygen atoms in total. The van der Waals surface area contributed by atoms with Gasteiger partial charge in [-0.25, -0.2) is 0 Å². The molecule has 1 aromatic carbocycles. The van der Waals surface area contributed by atoms with E-state index in [2.05, 4.69) is 34.7 Å². The van der Waals surface area contributed by atoms with Crippen LogP contribution in [0.1, 0.15) is 12.8 Å². The zero-order valence-electron chi connectivity index (χ0n) is 13.5. The van der Waals surface area contributed by atoms with Crippen LogP contribution < -0.4 is 15.5 Å². The first kappa shape index (κ1) is 22.0. The highest BCUT2D eigenvalue weighted by Gasteiger charge is 2.20. The van der Waals surface area contributed by atoms with Gasteiger partial charge in [-0.2, -0.15) is 0 Å². The first-order valence-electron chi connectivity index (χ1n) is 7.62. The van der Waals surface area contributed by atoms with Crippen LogP contribution >= 0.6 is 24.8 Å². The Hall–Kier alpha value is -1.01. The van der Waals surface area contributed by atoms with Crippen molar-refractivity contribution in [3.8, 4) is 0 Å². The fourth-order valence-corrected chi connectivity index (χ4v) is 2.35. The van der Waals surface area contributed by atoms with Gasteiger partial charge in [0, 0.05) is 32.4 Å². The van der Waals surface area contributed by atoms with Gasteiger partial charge in [0.25, 0.3) is 0 Å². The summed E-state index contributed by atoms with van der Waals surface area (Å²) in [6, 6.07) is 10.1. The average Bonchev–Trinajstić information content (AvgIpc) is 2.55. The first-order valence-corrected chi connectivity index (χ1v) is 7.62. The lowest BCUT2D eigenvalue weighted by Gasteiger charge is -2.23. The van der Waals surface area contributed by atoms with Crippen molar-refractivity contribution in [2.45, 2.75) is 18.9 Å². The fourth-order valence-electron chi connectivity index (χ4n) is 2.35. The topological polar surface area (TPSA) is 53.6 Å². The van der Waals surface area contributed by atoms with Crippen molar-refractivity contribution in [1.82, 2.24) is 10.6 Å². The number of benzene rings is 1. The van der Waals surface area contributed by atoms with Crippen LogP contribution in [0.5, 0.6) is 0 Å². The fraction of sp³-hybridized carbons (Fsp3) is 0.562. The monoisotopic (exact) mass is 363 g/mol. The maximum absolute atomic E-state index is 11.9. The van der Waals surface area contributed by atoms with Crippen molar-refractivity contribution in [1.29, 1.82) is 0 Å². The highest BCUT2D eigenvalue weighted by atomic mass is 35.5. The highest BCUT2D eigenvalue weighted by Crippen LogP contribution is 2.11. The molecule has 7 heteroatoms. The Morgan fingerprint density at radius 1 is 1.30 bits per heavy atom. The van der Waals surface area contributed by atoms with Gasteiger partial charge in [0.1, 0.15) is 6.04 Å². The standard InChI is InChI=1S/C16H25N3O2.2ClH/c1-19(14-7-3-2-4-8-14)11-6-5-9-18-16(20)15-13-21-12-10-17-15;;/h2-4,7-8,15,17H,5-6,9-13H2,1H3,(H,18,20);2*1H. The molecule has 1 aliphatic rings. The minimum Gasteiger partial charge on any atom is -0.378 e. The number of para-hydroxylation sites is 1. The first-order chi connectivity index (χ1) is 10.3. The van der Waals surface area contributed by atoms with E-state index >= 15 is 0 Å². The van der Waals surface area contributed by atoms with Crippen LogP contribution in [0, 0.1) is 0 Å². The molecule has 0 aromatic heterocycles. The number of carbonyl (C=O) groups is 1. The summed E-state index contributed by atoms with van der Waals surface area (Å²) in [6.45, 7) is 3.63. The molecule has 0 aliphatic carbocycles. The van der Waals surface area contributed by atoms with E-state index in [9.17, 15) is 4.79 Å². The minimum absolute atomic E-state index is 0. The molecule has 1 unspecified atom stereocenters. The molecule has 0 saturated carbocycles. The predicted octanol–water partition coefficient (Wildman–Crippen LogP) is 1.85. The third kappa shape index (κ3) is 7.88. The third-order valence-corrected chi connectivity index (χ3v) is 3.65. The van der Waals surface area contributed by atoms with Crippen LogP contribution in [0.3, 0.4) is 0 Å². The summed E-state index contributed by atoms with van der Waals surface area (Å²) in [6.07, 6.45) is 2.04. The molecule has 1 saturated heterocycles. The Bertz CT molecular complexity index is 429. The van der Waals surface area contributed by atoms with Gasteiger partial charge < -0.3 is 20.3 Å². The van der Waals surface area contributed by atoms with Crippen molar-refractivity contribution in [2.75, 3.05) is 44.8 Å². The van der Waals surface area contributed by atoms with E-state index in [-0.39, 0.29) is 36.8 Å². The number of morpholine rings is 1. The summed E-state index contributed by atoms with van der Waals surface area (Å²) in [5.74, 6) is 0.0473. The Morgan fingerprint density at radius 2 is 2.04 bits per heavy atom. The number of nitrogens with one attached hydrogen (secondary N) is 2. The van der Waals surface area contributed by atoms with E-state index in [4.69, 9.17) is 4.74 Å². The largest absolute Gasteiger partial charge is 0.378 e.